The molecule has 0 fully saturated rings. The van der Waals surface area contributed by atoms with E-state index in [1.54, 1.807) is 0 Å². The van der Waals surface area contributed by atoms with Crippen molar-refractivity contribution in [3.05, 3.63) is 68.1 Å². The van der Waals surface area contributed by atoms with Gasteiger partial charge in [0.15, 0.2) is 0 Å². The predicted octanol–water partition coefficient (Wildman–Crippen LogP) is 5.41. The maximum Gasteiger partial charge on any atom is 0.0372 e. The van der Waals surface area contributed by atoms with E-state index in [0.717, 1.165) is 17.4 Å². The molecule has 1 unspecified atom stereocenters. The second-order valence-corrected chi connectivity index (χ2v) is 6.63. The smallest absolute Gasteiger partial charge is 0.0372 e. The zero-order valence-electron chi connectivity index (χ0n) is 11.8. The fourth-order valence-corrected chi connectivity index (χ4v) is 3.14. The van der Waals surface area contributed by atoms with Crippen molar-refractivity contribution in [3.63, 3.8) is 0 Å². The van der Waals surface area contributed by atoms with E-state index in [1.807, 2.05) is 0 Å². The molecule has 0 aliphatic heterocycles. The molecule has 0 heterocycles. The summed E-state index contributed by atoms with van der Waals surface area (Å²) in [5.41, 5.74) is 3.95. The number of hydrogen-bond acceptors (Lipinski definition) is 1. The monoisotopic (exact) mass is 395 g/mol. The minimum atomic E-state index is 0.329. The Kier molecular flexibility index (Phi) is 5.82. The summed E-state index contributed by atoms with van der Waals surface area (Å²) in [6.07, 6.45) is 0.989. The van der Waals surface area contributed by atoms with E-state index in [2.05, 4.69) is 93.5 Å². The topological polar surface area (TPSA) is 12.0 Å². The van der Waals surface area contributed by atoms with Crippen LogP contribution in [0.5, 0.6) is 0 Å². The quantitative estimate of drug-likeness (QED) is 0.711. The normalized spacial score (nSPS) is 12.4. The second-order valence-electron chi connectivity index (χ2n) is 4.92. The van der Waals surface area contributed by atoms with Crippen LogP contribution in [-0.4, -0.2) is 6.54 Å². The van der Waals surface area contributed by atoms with Crippen LogP contribution in [-0.2, 0) is 6.42 Å². The number of hydrogen-bond donors (Lipinski definition) is 1. The molecule has 0 aromatic heterocycles. The first-order chi connectivity index (χ1) is 9.61. The minimum Gasteiger partial charge on any atom is -0.310 e. The van der Waals surface area contributed by atoms with Gasteiger partial charge in [-0.05, 0) is 48.7 Å². The van der Waals surface area contributed by atoms with Crippen molar-refractivity contribution in [2.24, 2.45) is 0 Å². The lowest BCUT2D eigenvalue weighted by molar-refractivity contribution is 0.547. The van der Waals surface area contributed by atoms with Gasteiger partial charge in [-0.3, -0.25) is 0 Å². The lowest BCUT2D eigenvalue weighted by Crippen LogP contribution is -2.23. The Morgan fingerprint density at radius 3 is 2.40 bits per heavy atom. The highest BCUT2D eigenvalue weighted by Gasteiger charge is 2.15. The molecule has 0 aliphatic rings. The van der Waals surface area contributed by atoms with Crippen molar-refractivity contribution < 1.29 is 0 Å². The Hall–Kier alpha value is -0.640. The molecule has 0 saturated heterocycles. The SMILES string of the molecule is CCNC(Cc1ccc(Br)cc1)c1cccc(C)c1Br. The molecule has 3 heteroatoms. The Labute approximate surface area is 138 Å². The van der Waals surface area contributed by atoms with Crippen LogP contribution in [0.1, 0.15) is 29.7 Å². The third kappa shape index (κ3) is 3.94. The van der Waals surface area contributed by atoms with Crippen LogP contribution < -0.4 is 5.32 Å². The van der Waals surface area contributed by atoms with E-state index >= 15 is 0 Å². The molecule has 0 amide bonds. The molecular formula is C17H19Br2N. The molecule has 20 heavy (non-hydrogen) atoms. The summed E-state index contributed by atoms with van der Waals surface area (Å²) < 4.78 is 2.33. The largest absolute Gasteiger partial charge is 0.310 e. The van der Waals surface area contributed by atoms with Crippen molar-refractivity contribution in [1.29, 1.82) is 0 Å². The second kappa shape index (κ2) is 7.39. The number of rotatable bonds is 5. The van der Waals surface area contributed by atoms with E-state index in [4.69, 9.17) is 0 Å². The van der Waals surface area contributed by atoms with Gasteiger partial charge in [0, 0.05) is 15.0 Å². The fraction of sp³-hybridized carbons (Fsp3) is 0.294. The Balaban J connectivity index is 2.26. The van der Waals surface area contributed by atoms with Crippen LogP contribution in [0.3, 0.4) is 0 Å². The summed E-state index contributed by atoms with van der Waals surface area (Å²) in [7, 11) is 0. The molecule has 0 spiro atoms. The van der Waals surface area contributed by atoms with Gasteiger partial charge in [-0.15, -0.1) is 0 Å². The van der Waals surface area contributed by atoms with Crippen molar-refractivity contribution >= 4 is 31.9 Å². The van der Waals surface area contributed by atoms with Gasteiger partial charge in [0.05, 0.1) is 0 Å². The molecule has 0 bridgehead atoms. The van der Waals surface area contributed by atoms with Crippen molar-refractivity contribution in [2.45, 2.75) is 26.3 Å². The summed E-state index contributed by atoms with van der Waals surface area (Å²) in [6, 6.07) is 15.3. The molecule has 0 aliphatic carbocycles. The predicted molar refractivity (Wildman–Crippen MR) is 93.1 cm³/mol. The maximum atomic E-state index is 3.73. The first-order valence-corrected chi connectivity index (χ1v) is 8.43. The van der Waals surface area contributed by atoms with Gasteiger partial charge >= 0.3 is 0 Å². The highest BCUT2D eigenvalue weighted by atomic mass is 79.9. The molecule has 2 aromatic rings. The van der Waals surface area contributed by atoms with Gasteiger partial charge < -0.3 is 5.32 Å². The average molecular weight is 397 g/mol. The summed E-state index contributed by atoms with van der Waals surface area (Å²) in [5, 5.41) is 3.59. The van der Waals surface area contributed by atoms with Gasteiger partial charge in [-0.1, -0.05) is 69.1 Å². The third-order valence-corrected chi connectivity index (χ3v) is 5.01. The molecule has 0 saturated carbocycles. The first kappa shape index (κ1) is 15.7. The molecule has 106 valence electrons. The van der Waals surface area contributed by atoms with Gasteiger partial charge in [0.1, 0.15) is 0 Å². The van der Waals surface area contributed by atoms with E-state index in [9.17, 15) is 0 Å². The molecule has 2 aromatic carbocycles. The lowest BCUT2D eigenvalue weighted by Gasteiger charge is -2.21. The standard InChI is InChI=1S/C17H19Br2N/c1-3-20-16(11-13-7-9-14(18)10-8-13)15-6-4-5-12(2)17(15)19/h4-10,16,20H,3,11H2,1-2H3. The Morgan fingerprint density at radius 2 is 1.75 bits per heavy atom. The molecule has 1 N–H and O–H groups in total. The van der Waals surface area contributed by atoms with Crippen LogP contribution in [0.25, 0.3) is 0 Å². The summed E-state index contributed by atoms with van der Waals surface area (Å²) in [4.78, 5) is 0. The molecular weight excluding hydrogens is 378 g/mol. The van der Waals surface area contributed by atoms with Crippen LogP contribution in [0.15, 0.2) is 51.4 Å². The van der Waals surface area contributed by atoms with Gasteiger partial charge in [0.2, 0.25) is 0 Å². The first-order valence-electron chi connectivity index (χ1n) is 6.84. The van der Waals surface area contributed by atoms with Crippen LogP contribution in [0, 0.1) is 6.92 Å². The molecule has 2 rings (SSSR count). The third-order valence-electron chi connectivity index (χ3n) is 3.40. The number of aryl methyl sites for hydroxylation is 1. The van der Waals surface area contributed by atoms with Crippen molar-refractivity contribution in [1.82, 2.24) is 5.32 Å². The number of nitrogens with one attached hydrogen (secondary N) is 1. The number of benzene rings is 2. The maximum absolute atomic E-state index is 3.73. The number of halogens is 2. The van der Waals surface area contributed by atoms with E-state index in [1.165, 1.54) is 21.2 Å². The highest BCUT2D eigenvalue weighted by Crippen LogP contribution is 2.29. The lowest BCUT2D eigenvalue weighted by atomic mass is 9.97. The van der Waals surface area contributed by atoms with Crippen molar-refractivity contribution in [3.8, 4) is 0 Å². The fourth-order valence-electron chi connectivity index (χ4n) is 2.33. The average Bonchev–Trinajstić information content (AvgIpc) is 2.44. The highest BCUT2D eigenvalue weighted by molar-refractivity contribution is 9.10. The van der Waals surface area contributed by atoms with Crippen LogP contribution in [0.4, 0.5) is 0 Å². The van der Waals surface area contributed by atoms with Crippen molar-refractivity contribution in [2.75, 3.05) is 6.54 Å². The zero-order valence-corrected chi connectivity index (χ0v) is 15.0. The summed E-state index contributed by atoms with van der Waals surface area (Å²) >= 11 is 7.21. The Morgan fingerprint density at radius 1 is 1.05 bits per heavy atom. The summed E-state index contributed by atoms with van der Waals surface area (Å²) in [5.74, 6) is 0. The van der Waals surface area contributed by atoms with Gasteiger partial charge in [-0.2, -0.15) is 0 Å². The van der Waals surface area contributed by atoms with Gasteiger partial charge in [-0.25, -0.2) is 0 Å². The number of likely N-dealkylation sites (N-methyl/N-ethyl adjacent to an activating group) is 1. The molecule has 1 atom stereocenters. The van der Waals surface area contributed by atoms with E-state index < -0.39 is 0 Å². The zero-order chi connectivity index (χ0) is 14.5. The summed E-state index contributed by atoms with van der Waals surface area (Å²) in [6.45, 7) is 5.25. The van der Waals surface area contributed by atoms with E-state index in [0.29, 0.717) is 6.04 Å². The van der Waals surface area contributed by atoms with E-state index in [-0.39, 0.29) is 0 Å². The molecule has 1 nitrogen and oxygen atoms in total. The van der Waals surface area contributed by atoms with Crippen LogP contribution >= 0.6 is 31.9 Å². The molecule has 0 radical (unpaired) electrons. The van der Waals surface area contributed by atoms with Gasteiger partial charge in [0.25, 0.3) is 0 Å². The van der Waals surface area contributed by atoms with Crippen LogP contribution in [0.2, 0.25) is 0 Å². The minimum absolute atomic E-state index is 0.329. The Bertz CT molecular complexity index is 564.